The van der Waals surface area contributed by atoms with Gasteiger partial charge in [0.1, 0.15) is 0 Å². The molecule has 118 valence electrons. The van der Waals surface area contributed by atoms with Crippen LogP contribution < -0.4 is 4.72 Å². The van der Waals surface area contributed by atoms with E-state index in [9.17, 15) is 8.42 Å². The van der Waals surface area contributed by atoms with Crippen LogP contribution in [0, 0.1) is 0 Å². The molecule has 1 atom stereocenters. The van der Waals surface area contributed by atoms with Crippen LogP contribution in [-0.4, -0.2) is 35.6 Å². The molecule has 1 aliphatic heterocycles. The van der Waals surface area contributed by atoms with Gasteiger partial charge >= 0.3 is 0 Å². The zero-order valence-corrected chi connectivity index (χ0v) is 13.1. The van der Waals surface area contributed by atoms with Gasteiger partial charge in [-0.25, -0.2) is 0 Å². The van der Waals surface area contributed by atoms with Crippen LogP contribution in [0.5, 0.6) is 0 Å². The predicted octanol–water partition coefficient (Wildman–Crippen LogP) is 1.55. The van der Waals surface area contributed by atoms with Gasteiger partial charge in [-0.2, -0.15) is 22.5 Å². The lowest BCUT2D eigenvalue weighted by Crippen LogP contribution is -2.41. The first-order chi connectivity index (χ1) is 10.6. The number of hydrogen-bond donors (Lipinski definition) is 1. The van der Waals surface area contributed by atoms with Gasteiger partial charge in [-0.3, -0.25) is 4.68 Å². The first-order valence-electron chi connectivity index (χ1n) is 7.45. The molecule has 22 heavy (non-hydrogen) atoms. The number of nitrogens with zero attached hydrogens (tertiary/aromatic N) is 3. The second kappa shape index (κ2) is 6.60. The van der Waals surface area contributed by atoms with E-state index < -0.39 is 10.2 Å². The van der Waals surface area contributed by atoms with Crippen LogP contribution >= 0.6 is 0 Å². The molecule has 0 spiro atoms. The highest BCUT2D eigenvalue weighted by molar-refractivity contribution is 7.87. The van der Waals surface area contributed by atoms with Crippen molar-refractivity contribution in [2.24, 2.45) is 0 Å². The predicted molar refractivity (Wildman–Crippen MR) is 84.3 cm³/mol. The Morgan fingerprint density at radius 1 is 1.14 bits per heavy atom. The fourth-order valence-corrected chi connectivity index (χ4v) is 4.13. The van der Waals surface area contributed by atoms with Gasteiger partial charge in [0.25, 0.3) is 10.2 Å². The molecule has 1 unspecified atom stereocenters. The Morgan fingerprint density at radius 3 is 2.50 bits per heavy atom. The molecule has 2 heterocycles. The van der Waals surface area contributed by atoms with Crippen molar-refractivity contribution in [3.63, 3.8) is 0 Å². The van der Waals surface area contributed by atoms with Gasteiger partial charge in [-0.15, -0.1) is 0 Å². The molecular formula is C15H20N4O2S. The van der Waals surface area contributed by atoms with E-state index in [4.69, 9.17) is 0 Å². The first kappa shape index (κ1) is 15.2. The normalized spacial score (nSPS) is 17.6. The highest BCUT2D eigenvalue weighted by atomic mass is 32.2. The van der Waals surface area contributed by atoms with Crippen LogP contribution in [0.1, 0.15) is 24.4 Å². The van der Waals surface area contributed by atoms with Crippen molar-refractivity contribution in [2.45, 2.75) is 25.4 Å². The van der Waals surface area contributed by atoms with E-state index in [-0.39, 0.29) is 6.04 Å². The Bertz CT molecular complexity index is 680. The maximum absolute atomic E-state index is 12.5. The van der Waals surface area contributed by atoms with Gasteiger partial charge in [0.2, 0.25) is 0 Å². The second-order valence-corrected chi connectivity index (χ2v) is 7.12. The average Bonchev–Trinajstić information content (AvgIpc) is 3.21. The molecule has 6 nitrogen and oxygen atoms in total. The summed E-state index contributed by atoms with van der Waals surface area (Å²) in [5.74, 6) is 0. The standard InChI is InChI=1S/C15H20N4O2S/c20-22(21,19-11-4-5-12-19)17-15(13-18-10-6-9-16-18)14-7-2-1-3-8-14/h1-3,6-10,15,17H,4-5,11-13H2. The maximum atomic E-state index is 12.5. The summed E-state index contributed by atoms with van der Waals surface area (Å²) in [5.41, 5.74) is 0.931. The molecule has 1 aromatic heterocycles. The third-order valence-electron chi connectivity index (χ3n) is 3.83. The van der Waals surface area contributed by atoms with E-state index in [1.54, 1.807) is 10.9 Å². The third kappa shape index (κ3) is 3.55. The van der Waals surface area contributed by atoms with Crippen LogP contribution in [0.4, 0.5) is 0 Å². The number of benzene rings is 1. The summed E-state index contributed by atoms with van der Waals surface area (Å²) < 4.78 is 31.1. The van der Waals surface area contributed by atoms with Gasteiger partial charge in [0.05, 0.1) is 12.6 Å². The second-order valence-electron chi connectivity index (χ2n) is 5.42. The zero-order valence-electron chi connectivity index (χ0n) is 12.3. The largest absolute Gasteiger partial charge is 0.280 e. The lowest BCUT2D eigenvalue weighted by molar-refractivity contribution is 0.432. The first-order valence-corrected chi connectivity index (χ1v) is 8.89. The molecule has 1 aromatic carbocycles. The van der Waals surface area contributed by atoms with Crippen LogP contribution in [0.3, 0.4) is 0 Å². The number of rotatable bonds is 6. The van der Waals surface area contributed by atoms with E-state index in [0.717, 1.165) is 18.4 Å². The summed E-state index contributed by atoms with van der Waals surface area (Å²) in [5, 5.41) is 4.18. The summed E-state index contributed by atoms with van der Waals surface area (Å²) >= 11 is 0. The Labute approximate surface area is 130 Å². The smallest absolute Gasteiger partial charge is 0.271 e. The SMILES string of the molecule is O=S(=O)(NC(Cn1cccn1)c1ccccc1)N1CCCC1. The molecule has 1 fully saturated rings. The highest BCUT2D eigenvalue weighted by Crippen LogP contribution is 2.19. The minimum absolute atomic E-state index is 0.341. The summed E-state index contributed by atoms with van der Waals surface area (Å²) in [6, 6.07) is 11.1. The monoisotopic (exact) mass is 320 g/mol. The average molecular weight is 320 g/mol. The third-order valence-corrected chi connectivity index (χ3v) is 5.45. The van der Waals surface area contributed by atoms with Crippen molar-refractivity contribution in [2.75, 3.05) is 13.1 Å². The molecule has 0 bridgehead atoms. The summed E-state index contributed by atoms with van der Waals surface area (Å²) in [4.78, 5) is 0. The van der Waals surface area contributed by atoms with Crippen molar-refractivity contribution >= 4 is 10.2 Å². The zero-order chi connectivity index (χ0) is 15.4. The Kier molecular flexibility index (Phi) is 4.56. The molecule has 1 N–H and O–H groups in total. The molecule has 1 aliphatic rings. The summed E-state index contributed by atoms with van der Waals surface area (Å²) in [7, 11) is -3.47. The fraction of sp³-hybridized carbons (Fsp3) is 0.400. The van der Waals surface area contributed by atoms with Crippen LogP contribution in [0.25, 0.3) is 0 Å². The van der Waals surface area contributed by atoms with E-state index in [2.05, 4.69) is 9.82 Å². The molecule has 0 amide bonds. The lowest BCUT2D eigenvalue weighted by Gasteiger charge is -2.23. The molecule has 2 aromatic rings. The van der Waals surface area contributed by atoms with Crippen molar-refractivity contribution in [1.82, 2.24) is 18.8 Å². The quantitative estimate of drug-likeness (QED) is 0.878. The van der Waals surface area contributed by atoms with Crippen molar-refractivity contribution < 1.29 is 8.42 Å². The molecule has 0 radical (unpaired) electrons. The minimum Gasteiger partial charge on any atom is -0.271 e. The highest BCUT2D eigenvalue weighted by Gasteiger charge is 2.28. The van der Waals surface area contributed by atoms with Gasteiger partial charge in [0, 0.05) is 25.5 Å². The van der Waals surface area contributed by atoms with Gasteiger partial charge in [0.15, 0.2) is 0 Å². The maximum Gasteiger partial charge on any atom is 0.280 e. The lowest BCUT2D eigenvalue weighted by atomic mass is 10.1. The number of aromatic nitrogens is 2. The summed E-state index contributed by atoms with van der Waals surface area (Å²) in [6.45, 7) is 1.65. The molecule has 3 rings (SSSR count). The Morgan fingerprint density at radius 2 is 1.86 bits per heavy atom. The molecule has 7 heteroatoms. The van der Waals surface area contributed by atoms with Crippen LogP contribution in [-0.2, 0) is 16.8 Å². The van der Waals surface area contributed by atoms with Gasteiger partial charge < -0.3 is 0 Å². The topological polar surface area (TPSA) is 67.2 Å². The summed E-state index contributed by atoms with van der Waals surface area (Å²) in [6.07, 6.45) is 5.38. The fourth-order valence-electron chi connectivity index (χ4n) is 2.67. The van der Waals surface area contributed by atoms with Crippen LogP contribution in [0.15, 0.2) is 48.8 Å². The Balaban J connectivity index is 1.82. The van der Waals surface area contributed by atoms with E-state index in [1.807, 2.05) is 42.6 Å². The number of nitrogens with one attached hydrogen (secondary N) is 1. The Hall–Kier alpha value is -1.70. The number of hydrogen-bond acceptors (Lipinski definition) is 3. The van der Waals surface area contributed by atoms with Crippen molar-refractivity contribution in [3.8, 4) is 0 Å². The van der Waals surface area contributed by atoms with Crippen molar-refractivity contribution in [1.29, 1.82) is 0 Å². The molecule has 0 saturated carbocycles. The van der Waals surface area contributed by atoms with Crippen molar-refractivity contribution in [3.05, 3.63) is 54.4 Å². The van der Waals surface area contributed by atoms with Gasteiger partial charge in [-0.05, 0) is 24.5 Å². The van der Waals surface area contributed by atoms with E-state index >= 15 is 0 Å². The molecular weight excluding hydrogens is 300 g/mol. The van der Waals surface area contributed by atoms with Crippen LogP contribution in [0.2, 0.25) is 0 Å². The van der Waals surface area contributed by atoms with Gasteiger partial charge in [-0.1, -0.05) is 30.3 Å². The minimum atomic E-state index is -3.47. The van der Waals surface area contributed by atoms with E-state index in [0.29, 0.717) is 19.6 Å². The van der Waals surface area contributed by atoms with E-state index in [1.165, 1.54) is 4.31 Å². The molecule has 0 aliphatic carbocycles. The molecule has 1 saturated heterocycles.